The third-order valence-corrected chi connectivity index (χ3v) is 5.61. The number of thioether (sulfide) groups is 1. The Balaban J connectivity index is 1.47. The van der Waals surface area contributed by atoms with Gasteiger partial charge in [0.25, 0.3) is 0 Å². The van der Waals surface area contributed by atoms with E-state index in [1.807, 2.05) is 11.8 Å². The molecule has 3 rings (SSSR count). The van der Waals surface area contributed by atoms with Crippen molar-refractivity contribution in [3.05, 3.63) is 23.6 Å². The smallest absolute Gasteiger partial charge is 0.230 e. The molecule has 128 valence electrons. The van der Waals surface area contributed by atoms with Crippen molar-refractivity contribution < 1.29 is 9.90 Å². The predicted molar refractivity (Wildman–Crippen MR) is 92.2 cm³/mol. The zero-order chi connectivity index (χ0) is 16.9. The lowest BCUT2D eigenvalue weighted by atomic mass is 10.0. The van der Waals surface area contributed by atoms with Gasteiger partial charge in [0.2, 0.25) is 5.91 Å². The van der Waals surface area contributed by atoms with Gasteiger partial charge in [-0.05, 0) is 13.3 Å². The number of hydrogen-bond donors (Lipinski definition) is 2. The molecule has 1 saturated heterocycles. The number of hydrogen-bond acceptors (Lipinski definition) is 9. The maximum absolute atomic E-state index is 12.1. The number of aryl methyl sites for hydroxylation is 1. The van der Waals surface area contributed by atoms with E-state index >= 15 is 0 Å². The number of aliphatic hydroxyl groups is 1. The third kappa shape index (κ3) is 4.40. The van der Waals surface area contributed by atoms with E-state index in [0.717, 1.165) is 15.2 Å². The van der Waals surface area contributed by atoms with Crippen LogP contribution in [-0.2, 0) is 4.79 Å². The van der Waals surface area contributed by atoms with E-state index in [9.17, 15) is 9.90 Å². The van der Waals surface area contributed by atoms with Crippen LogP contribution in [0.2, 0.25) is 0 Å². The fraction of sp³-hybridized carbons (Fsp3) is 0.500. The van der Waals surface area contributed by atoms with Crippen LogP contribution in [0.25, 0.3) is 0 Å². The normalized spacial score (nSPS) is 20.8. The summed E-state index contributed by atoms with van der Waals surface area (Å²) in [4.78, 5) is 22.3. The van der Waals surface area contributed by atoms with E-state index in [4.69, 9.17) is 0 Å². The van der Waals surface area contributed by atoms with E-state index in [1.54, 1.807) is 18.6 Å². The first-order valence-corrected chi connectivity index (χ1v) is 9.33. The van der Waals surface area contributed by atoms with E-state index in [-0.39, 0.29) is 17.7 Å². The second-order valence-corrected chi connectivity index (χ2v) is 7.82. The standard InChI is InChI=1S/C14H18N6O2S2/c1-9-18-19-14(24-9)23-8-13(22)17-10-2-5-20(7-11(10)21)12-6-15-3-4-16-12/h3-4,6,10-11,21H,2,5,7-8H2,1H3,(H,17,22)/t10-,11-/m1/s1. The topological polar surface area (TPSA) is 104 Å². The third-order valence-electron chi connectivity index (χ3n) is 3.64. The minimum absolute atomic E-state index is 0.107. The first-order chi connectivity index (χ1) is 11.6. The SMILES string of the molecule is Cc1nnc(SCC(=O)N[C@@H]2CCN(c3cnccn3)C[C@H]2O)s1. The molecule has 0 bridgehead atoms. The fourth-order valence-electron chi connectivity index (χ4n) is 2.48. The van der Waals surface area contributed by atoms with Crippen molar-refractivity contribution in [1.29, 1.82) is 0 Å². The lowest BCUT2D eigenvalue weighted by Gasteiger charge is -2.36. The first-order valence-electron chi connectivity index (χ1n) is 7.53. The Bertz CT molecular complexity index is 683. The van der Waals surface area contributed by atoms with Crippen LogP contribution in [0.3, 0.4) is 0 Å². The molecule has 1 amide bonds. The van der Waals surface area contributed by atoms with Crippen molar-refractivity contribution >= 4 is 34.8 Å². The highest BCUT2D eigenvalue weighted by Gasteiger charge is 2.29. The molecule has 3 heterocycles. The van der Waals surface area contributed by atoms with Gasteiger partial charge < -0.3 is 15.3 Å². The van der Waals surface area contributed by atoms with E-state index < -0.39 is 6.10 Å². The number of nitrogens with zero attached hydrogens (tertiary/aromatic N) is 5. The van der Waals surface area contributed by atoms with Gasteiger partial charge in [-0.2, -0.15) is 0 Å². The highest BCUT2D eigenvalue weighted by molar-refractivity contribution is 8.01. The van der Waals surface area contributed by atoms with Crippen molar-refractivity contribution in [2.75, 3.05) is 23.7 Å². The number of carbonyl (C=O) groups excluding carboxylic acids is 1. The predicted octanol–water partition coefficient (Wildman–Crippen LogP) is 0.485. The number of nitrogens with one attached hydrogen (secondary N) is 1. The van der Waals surface area contributed by atoms with Crippen molar-refractivity contribution in [2.24, 2.45) is 0 Å². The molecular weight excluding hydrogens is 348 g/mol. The average molecular weight is 366 g/mol. The summed E-state index contributed by atoms with van der Waals surface area (Å²) >= 11 is 2.83. The summed E-state index contributed by atoms with van der Waals surface area (Å²) in [6.07, 6.45) is 4.93. The maximum Gasteiger partial charge on any atom is 0.230 e. The van der Waals surface area contributed by atoms with Gasteiger partial charge in [-0.15, -0.1) is 10.2 Å². The molecule has 0 spiro atoms. The Morgan fingerprint density at radius 1 is 1.50 bits per heavy atom. The Morgan fingerprint density at radius 3 is 3.04 bits per heavy atom. The number of aromatic nitrogens is 4. The molecule has 0 radical (unpaired) electrons. The highest BCUT2D eigenvalue weighted by atomic mass is 32.2. The van der Waals surface area contributed by atoms with E-state index in [2.05, 4.69) is 25.5 Å². The van der Waals surface area contributed by atoms with Crippen molar-refractivity contribution in [3.63, 3.8) is 0 Å². The molecule has 1 aliphatic heterocycles. The summed E-state index contributed by atoms with van der Waals surface area (Å²) in [7, 11) is 0. The summed E-state index contributed by atoms with van der Waals surface area (Å²) in [5.74, 6) is 0.902. The van der Waals surface area contributed by atoms with Crippen molar-refractivity contribution in [2.45, 2.75) is 29.8 Å². The quantitative estimate of drug-likeness (QED) is 0.737. The Hall–Kier alpha value is -1.78. The van der Waals surface area contributed by atoms with Gasteiger partial charge in [-0.3, -0.25) is 9.78 Å². The number of rotatable bonds is 5. The van der Waals surface area contributed by atoms with Gasteiger partial charge in [-0.1, -0.05) is 23.1 Å². The van der Waals surface area contributed by atoms with Gasteiger partial charge in [0.1, 0.15) is 10.8 Å². The molecule has 24 heavy (non-hydrogen) atoms. The van der Waals surface area contributed by atoms with Crippen LogP contribution in [0.4, 0.5) is 5.82 Å². The lowest BCUT2D eigenvalue weighted by Crippen LogP contribution is -2.54. The summed E-state index contributed by atoms with van der Waals surface area (Å²) in [5.41, 5.74) is 0. The van der Waals surface area contributed by atoms with Gasteiger partial charge in [0.05, 0.1) is 24.1 Å². The molecule has 8 nitrogen and oxygen atoms in total. The minimum atomic E-state index is -0.640. The van der Waals surface area contributed by atoms with Crippen LogP contribution in [0.15, 0.2) is 22.9 Å². The number of amides is 1. The second-order valence-electron chi connectivity index (χ2n) is 5.42. The van der Waals surface area contributed by atoms with Gasteiger partial charge in [-0.25, -0.2) is 4.98 Å². The number of β-amino-alcohol motifs (C(OH)–C–C–N with tert-alkyl or cyclic N) is 1. The molecule has 10 heteroatoms. The highest BCUT2D eigenvalue weighted by Crippen LogP contribution is 2.22. The van der Waals surface area contributed by atoms with Crippen molar-refractivity contribution in [3.8, 4) is 0 Å². The maximum atomic E-state index is 12.1. The minimum Gasteiger partial charge on any atom is -0.389 e. The molecule has 2 aromatic rings. The Kier molecular flexibility index (Phi) is 5.59. The molecule has 0 aromatic carbocycles. The van der Waals surface area contributed by atoms with Crippen LogP contribution >= 0.6 is 23.1 Å². The average Bonchev–Trinajstić information content (AvgIpc) is 3.01. The monoisotopic (exact) mass is 366 g/mol. The number of carbonyl (C=O) groups is 1. The molecular formula is C14H18N6O2S2. The molecule has 2 N–H and O–H groups in total. The molecule has 0 aliphatic carbocycles. The molecule has 1 aliphatic rings. The van der Waals surface area contributed by atoms with Gasteiger partial charge in [0, 0.05) is 25.5 Å². The lowest BCUT2D eigenvalue weighted by molar-refractivity contribution is -0.120. The fourth-order valence-corrected chi connectivity index (χ4v) is 4.10. The van der Waals surface area contributed by atoms with E-state index in [1.165, 1.54) is 23.1 Å². The first kappa shape index (κ1) is 17.1. The summed E-state index contributed by atoms with van der Waals surface area (Å²) in [5, 5.41) is 22.0. The number of aliphatic hydroxyl groups excluding tert-OH is 1. The number of piperidine rings is 1. The van der Waals surface area contributed by atoms with Crippen molar-refractivity contribution in [1.82, 2.24) is 25.5 Å². The molecule has 0 saturated carbocycles. The Morgan fingerprint density at radius 2 is 2.38 bits per heavy atom. The molecule has 0 unspecified atom stereocenters. The number of anilines is 1. The van der Waals surface area contributed by atoms with Crippen LogP contribution in [-0.4, -0.2) is 62.2 Å². The van der Waals surface area contributed by atoms with Gasteiger partial charge in [0.15, 0.2) is 4.34 Å². The zero-order valence-corrected chi connectivity index (χ0v) is 14.8. The molecule has 1 fully saturated rings. The Labute approximate surface area is 147 Å². The van der Waals surface area contributed by atoms with Crippen LogP contribution in [0, 0.1) is 6.92 Å². The second kappa shape index (κ2) is 7.86. The zero-order valence-electron chi connectivity index (χ0n) is 13.1. The summed E-state index contributed by atoms with van der Waals surface area (Å²) < 4.78 is 0.778. The van der Waals surface area contributed by atoms with Gasteiger partial charge >= 0.3 is 0 Å². The summed E-state index contributed by atoms with van der Waals surface area (Å²) in [6, 6.07) is -0.248. The summed E-state index contributed by atoms with van der Waals surface area (Å²) in [6.45, 7) is 3.01. The van der Waals surface area contributed by atoms with Crippen LogP contribution in [0.5, 0.6) is 0 Å². The molecule has 2 atom stereocenters. The van der Waals surface area contributed by atoms with Crippen LogP contribution in [0.1, 0.15) is 11.4 Å². The molecule has 2 aromatic heterocycles. The van der Waals surface area contributed by atoms with Crippen LogP contribution < -0.4 is 10.2 Å². The largest absolute Gasteiger partial charge is 0.389 e. The van der Waals surface area contributed by atoms with E-state index in [0.29, 0.717) is 19.5 Å².